The van der Waals surface area contributed by atoms with Gasteiger partial charge in [-0.05, 0) is 35.4 Å². The second kappa shape index (κ2) is 12.4. The summed E-state index contributed by atoms with van der Waals surface area (Å²) in [5.74, 6) is 1.04. The fraction of sp³-hybridized carbons (Fsp3) is 0.448. The lowest BCUT2D eigenvalue weighted by molar-refractivity contribution is -0.219. The predicted molar refractivity (Wildman–Crippen MR) is 142 cm³/mol. The van der Waals surface area contributed by atoms with Crippen molar-refractivity contribution in [1.29, 1.82) is 0 Å². The van der Waals surface area contributed by atoms with E-state index in [9.17, 15) is 9.59 Å². The predicted octanol–water partition coefficient (Wildman–Crippen LogP) is 3.04. The molecule has 0 aliphatic carbocycles. The van der Waals surface area contributed by atoms with Gasteiger partial charge in [0.05, 0.1) is 53.4 Å². The van der Waals surface area contributed by atoms with Gasteiger partial charge in [0, 0.05) is 31.7 Å². The van der Waals surface area contributed by atoms with Gasteiger partial charge in [0.1, 0.15) is 11.5 Å². The highest BCUT2D eigenvalue weighted by molar-refractivity contribution is 5.71. The van der Waals surface area contributed by atoms with Crippen molar-refractivity contribution in [2.75, 3.05) is 35.0 Å². The van der Waals surface area contributed by atoms with Crippen LogP contribution in [0.1, 0.15) is 24.0 Å². The number of hydrazine groups is 1. The number of rotatable bonds is 12. The lowest BCUT2D eigenvalue weighted by atomic mass is 9.91. The highest BCUT2D eigenvalue weighted by Crippen LogP contribution is 2.45. The molecule has 0 radical (unpaired) electrons. The van der Waals surface area contributed by atoms with E-state index in [1.807, 2.05) is 30.3 Å². The van der Waals surface area contributed by atoms with E-state index in [4.69, 9.17) is 18.9 Å². The van der Waals surface area contributed by atoms with E-state index >= 15 is 0 Å². The number of nitrogens with zero attached hydrogens (tertiary/aromatic N) is 3. The van der Waals surface area contributed by atoms with Crippen molar-refractivity contribution in [2.24, 2.45) is 0 Å². The van der Waals surface area contributed by atoms with E-state index < -0.39 is 0 Å². The molecule has 0 bridgehead atoms. The number of methoxy groups -OCH3 is 4. The van der Waals surface area contributed by atoms with E-state index in [1.54, 1.807) is 14.2 Å². The van der Waals surface area contributed by atoms with Crippen molar-refractivity contribution in [1.82, 2.24) is 14.9 Å². The Kier molecular flexibility index (Phi) is 9.04. The van der Waals surface area contributed by atoms with Gasteiger partial charge >= 0.3 is 11.9 Å². The average molecular weight is 524 g/mol. The molecule has 2 aromatic carbocycles. The van der Waals surface area contributed by atoms with Crippen LogP contribution in [-0.2, 0) is 32.2 Å². The molecule has 2 aliphatic rings. The third-order valence-corrected chi connectivity index (χ3v) is 7.56. The van der Waals surface area contributed by atoms with E-state index in [0.717, 1.165) is 22.6 Å². The Morgan fingerprint density at radius 1 is 0.737 bits per heavy atom. The van der Waals surface area contributed by atoms with Gasteiger partial charge in [-0.15, -0.1) is 6.58 Å². The first-order valence-electron chi connectivity index (χ1n) is 12.7. The first-order valence-corrected chi connectivity index (χ1v) is 12.7. The zero-order valence-electron chi connectivity index (χ0n) is 22.5. The standard InChI is InChI=1S/C29H37N3O6/c1-6-15-30-24(16-26(33)37-4)28-29(25(30)17-27(34)38-5)32(19-21-9-13-23(36-3)14-10-21)31(28)18-20-7-11-22(35-2)12-8-20/h6-14,24-25,28-29H,1,15-19H2,2-5H3/t24-,25+,28+,29-. The molecule has 9 heteroatoms. The largest absolute Gasteiger partial charge is 0.497 e. The summed E-state index contributed by atoms with van der Waals surface area (Å²) in [6, 6.07) is 15.7. The zero-order valence-corrected chi connectivity index (χ0v) is 22.5. The van der Waals surface area contributed by atoms with Crippen molar-refractivity contribution >= 4 is 11.9 Å². The molecular weight excluding hydrogens is 486 g/mol. The number of benzene rings is 2. The minimum atomic E-state index is -0.278. The van der Waals surface area contributed by atoms with Crippen molar-refractivity contribution in [3.8, 4) is 11.5 Å². The molecule has 204 valence electrons. The molecule has 2 saturated heterocycles. The number of likely N-dealkylation sites (tertiary alicyclic amines) is 1. The topological polar surface area (TPSA) is 80.8 Å². The van der Waals surface area contributed by atoms with Gasteiger partial charge in [-0.1, -0.05) is 30.3 Å². The molecule has 4 rings (SSSR count). The molecule has 2 fully saturated rings. The zero-order chi connectivity index (χ0) is 27.2. The van der Waals surface area contributed by atoms with Crippen LogP contribution in [0.5, 0.6) is 11.5 Å². The summed E-state index contributed by atoms with van der Waals surface area (Å²) in [7, 11) is 6.11. The summed E-state index contributed by atoms with van der Waals surface area (Å²) in [4.78, 5) is 27.3. The second-order valence-corrected chi connectivity index (χ2v) is 9.55. The maximum atomic E-state index is 12.5. The third kappa shape index (κ3) is 5.70. The summed E-state index contributed by atoms with van der Waals surface area (Å²) >= 11 is 0. The number of fused-ring (bicyclic) bond motifs is 1. The van der Waals surface area contributed by atoms with Crippen LogP contribution in [0.3, 0.4) is 0 Å². The monoisotopic (exact) mass is 523 g/mol. The van der Waals surface area contributed by atoms with Crippen molar-refractivity contribution in [3.05, 3.63) is 72.3 Å². The van der Waals surface area contributed by atoms with Gasteiger partial charge < -0.3 is 18.9 Å². The van der Waals surface area contributed by atoms with Crippen LogP contribution in [0, 0.1) is 0 Å². The van der Waals surface area contributed by atoms with Crippen molar-refractivity contribution < 1.29 is 28.5 Å². The summed E-state index contributed by atoms with van der Waals surface area (Å²) in [6.45, 7) is 5.78. The van der Waals surface area contributed by atoms with E-state index in [-0.39, 0.29) is 48.9 Å². The third-order valence-electron chi connectivity index (χ3n) is 7.56. The summed E-state index contributed by atoms with van der Waals surface area (Å²) in [6.07, 6.45) is 2.26. The molecule has 9 nitrogen and oxygen atoms in total. The molecule has 0 aromatic heterocycles. The van der Waals surface area contributed by atoms with Crippen LogP contribution in [0.4, 0.5) is 0 Å². The Labute approximate surface area is 224 Å². The fourth-order valence-electron chi connectivity index (χ4n) is 5.75. The second-order valence-electron chi connectivity index (χ2n) is 9.55. The van der Waals surface area contributed by atoms with Crippen LogP contribution >= 0.6 is 0 Å². The van der Waals surface area contributed by atoms with Gasteiger partial charge in [-0.3, -0.25) is 14.5 Å². The maximum absolute atomic E-state index is 12.5. The normalized spacial score (nSPS) is 23.3. The van der Waals surface area contributed by atoms with Crippen LogP contribution in [0.15, 0.2) is 61.2 Å². The fourth-order valence-corrected chi connectivity index (χ4v) is 5.75. The number of hydrogen-bond acceptors (Lipinski definition) is 9. The van der Waals surface area contributed by atoms with Gasteiger partial charge in [0.15, 0.2) is 0 Å². The van der Waals surface area contributed by atoms with E-state index in [2.05, 4.69) is 45.8 Å². The Balaban J connectivity index is 1.71. The molecule has 38 heavy (non-hydrogen) atoms. The molecule has 2 heterocycles. The molecule has 4 atom stereocenters. The van der Waals surface area contributed by atoms with Crippen molar-refractivity contribution in [2.45, 2.75) is 50.1 Å². The smallest absolute Gasteiger partial charge is 0.307 e. The van der Waals surface area contributed by atoms with E-state index in [0.29, 0.717) is 19.6 Å². The van der Waals surface area contributed by atoms with Gasteiger partial charge in [-0.2, -0.15) is 0 Å². The number of carbonyl (C=O) groups is 2. The number of ether oxygens (including phenoxy) is 4. The Bertz CT molecular complexity index is 1020. The number of hydrogen-bond donors (Lipinski definition) is 0. The summed E-state index contributed by atoms with van der Waals surface area (Å²) in [5, 5.41) is 4.63. The van der Waals surface area contributed by atoms with Crippen LogP contribution in [-0.4, -0.2) is 86.0 Å². The summed E-state index contributed by atoms with van der Waals surface area (Å²) in [5.41, 5.74) is 2.24. The van der Waals surface area contributed by atoms with Crippen LogP contribution in [0.2, 0.25) is 0 Å². The molecule has 2 aromatic rings. The summed E-state index contributed by atoms with van der Waals surface area (Å²) < 4.78 is 20.8. The Morgan fingerprint density at radius 2 is 1.13 bits per heavy atom. The molecule has 0 amide bonds. The highest BCUT2D eigenvalue weighted by Gasteiger charge is 2.62. The van der Waals surface area contributed by atoms with Crippen LogP contribution in [0.25, 0.3) is 0 Å². The molecule has 0 saturated carbocycles. The lowest BCUT2D eigenvalue weighted by Gasteiger charge is -2.57. The van der Waals surface area contributed by atoms with Gasteiger partial charge in [-0.25, -0.2) is 10.0 Å². The molecule has 0 unspecified atom stereocenters. The Morgan fingerprint density at radius 3 is 1.45 bits per heavy atom. The number of esters is 2. The average Bonchev–Trinajstić information content (AvgIpc) is 3.19. The van der Waals surface area contributed by atoms with Crippen molar-refractivity contribution in [3.63, 3.8) is 0 Å². The lowest BCUT2D eigenvalue weighted by Crippen LogP contribution is -2.72. The van der Waals surface area contributed by atoms with Crippen LogP contribution < -0.4 is 9.47 Å². The number of carbonyl (C=O) groups excluding carboxylic acids is 2. The minimum Gasteiger partial charge on any atom is -0.497 e. The van der Waals surface area contributed by atoms with Gasteiger partial charge in [0.25, 0.3) is 0 Å². The molecular formula is C29H37N3O6. The Hall–Kier alpha value is -3.40. The van der Waals surface area contributed by atoms with E-state index in [1.165, 1.54) is 14.2 Å². The first kappa shape index (κ1) is 27.6. The minimum absolute atomic E-state index is 0.00376. The SMILES string of the molecule is C=CCN1[C@H](CC(=O)OC)[C@H]2[C@@H]([C@@H]1CC(=O)OC)N(Cc1ccc(OC)cc1)N2Cc1ccc(OC)cc1. The maximum Gasteiger partial charge on any atom is 0.307 e. The molecule has 0 N–H and O–H groups in total. The quantitative estimate of drug-likeness (QED) is 0.308. The molecule has 2 aliphatic heterocycles. The van der Waals surface area contributed by atoms with Gasteiger partial charge in [0.2, 0.25) is 0 Å². The molecule has 0 spiro atoms. The highest BCUT2D eigenvalue weighted by atomic mass is 16.5. The first-order chi connectivity index (χ1) is 18.4.